The second-order valence-corrected chi connectivity index (χ2v) is 8.15. The third kappa shape index (κ3) is 5.38. The number of halogens is 1. The zero-order valence-electron chi connectivity index (χ0n) is 16.7. The fourth-order valence-electron chi connectivity index (χ4n) is 2.72. The lowest BCUT2D eigenvalue weighted by molar-refractivity contribution is -0.387. The Morgan fingerprint density at radius 3 is 2.25 bits per heavy atom. The third-order valence-electron chi connectivity index (χ3n) is 4.25. The molecule has 3 aromatic rings. The molecule has 11 heteroatoms. The maximum absolute atomic E-state index is 13.4. The Morgan fingerprint density at radius 1 is 1.03 bits per heavy atom. The number of hydrogen-bond donors (Lipinski definition) is 2. The molecule has 0 unspecified atom stereocenters. The molecular formula is C21H18FN3O6S. The Kier molecular flexibility index (Phi) is 6.69. The first kappa shape index (κ1) is 22.7. The third-order valence-corrected chi connectivity index (χ3v) is 5.64. The van der Waals surface area contributed by atoms with Gasteiger partial charge in [-0.15, -0.1) is 0 Å². The first-order valence-corrected chi connectivity index (χ1v) is 10.8. The number of nitro groups is 1. The predicted octanol–water partition coefficient (Wildman–Crippen LogP) is 4.19. The van der Waals surface area contributed by atoms with Crippen molar-refractivity contribution in [1.29, 1.82) is 0 Å². The molecule has 0 fully saturated rings. The quantitative estimate of drug-likeness (QED) is 0.384. The predicted molar refractivity (Wildman–Crippen MR) is 116 cm³/mol. The molecule has 0 aliphatic rings. The number of ether oxygens (including phenoxy) is 1. The van der Waals surface area contributed by atoms with E-state index in [1.807, 2.05) is 6.92 Å². The topological polar surface area (TPSA) is 128 Å². The second kappa shape index (κ2) is 9.43. The van der Waals surface area contributed by atoms with Crippen molar-refractivity contribution < 1.29 is 27.3 Å². The minimum atomic E-state index is -3.85. The average Bonchev–Trinajstić information content (AvgIpc) is 2.75. The van der Waals surface area contributed by atoms with E-state index in [1.54, 1.807) is 12.1 Å². The van der Waals surface area contributed by atoms with Gasteiger partial charge in [0.1, 0.15) is 5.75 Å². The summed E-state index contributed by atoms with van der Waals surface area (Å²) in [5.74, 6) is -1.07. The highest BCUT2D eigenvalue weighted by molar-refractivity contribution is 7.92. The Hall–Kier alpha value is -3.99. The van der Waals surface area contributed by atoms with Crippen LogP contribution in [0.15, 0.2) is 71.6 Å². The van der Waals surface area contributed by atoms with E-state index in [-0.39, 0.29) is 21.8 Å². The lowest BCUT2D eigenvalue weighted by Gasteiger charge is -2.10. The normalized spacial score (nSPS) is 10.9. The molecule has 1 amide bonds. The number of nitro benzene ring substituents is 1. The number of sulfonamides is 1. The van der Waals surface area contributed by atoms with Crippen molar-refractivity contribution in [3.63, 3.8) is 0 Å². The van der Waals surface area contributed by atoms with E-state index in [9.17, 15) is 27.7 Å². The number of carbonyl (C=O) groups excluding carboxylic acids is 1. The SMILES string of the molecule is CCOc1ccc(S(=O)(=O)Nc2ccc(C(=O)Nc3ccc(F)c([N+](=O)[O-])c3)cc2)cc1. The van der Waals surface area contributed by atoms with Crippen LogP contribution in [-0.4, -0.2) is 25.9 Å². The van der Waals surface area contributed by atoms with Gasteiger partial charge in [0.15, 0.2) is 0 Å². The lowest BCUT2D eigenvalue weighted by Crippen LogP contribution is -2.14. The summed E-state index contributed by atoms with van der Waals surface area (Å²) in [6.07, 6.45) is 0. The number of nitrogens with one attached hydrogen (secondary N) is 2. The average molecular weight is 459 g/mol. The molecule has 32 heavy (non-hydrogen) atoms. The summed E-state index contributed by atoms with van der Waals surface area (Å²) in [6.45, 7) is 2.28. The van der Waals surface area contributed by atoms with Crippen LogP contribution in [0.1, 0.15) is 17.3 Å². The fraction of sp³-hybridized carbons (Fsp3) is 0.0952. The maximum atomic E-state index is 13.4. The lowest BCUT2D eigenvalue weighted by atomic mass is 10.2. The summed E-state index contributed by atoms with van der Waals surface area (Å²) in [5, 5.41) is 13.2. The Morgan fingerprint density at radius 2 is 1.66 bits per heavy atom. The number of benzene rings is 3. The number of nitrogens with zero attached hydrogens (tertiary/aromatic N) is 1. The van der Waals surface area contributed by atoms with Crippen molar-refractivity contribution in [2.45, 2.75) is 11.8 Å². The van der Waals surface area contributed by atoms with Crippen LogP contribution in [0.4, 0.5) is 21.5 Å². The molecule has 166 valence electrons. The van der Waals surface area contributed by atoms with Crippen molar-refractivity contribution >= 4 is 33.0 Å². The maximum Gasteiger partial charge on any atom is 0.306 e. The van der Waals surface area contributed by atoms with Gasteiger partial charge in [0.25, 0.3) is 15.9 Å². The Balaban J connectivity index is 1.69. The fourth-order valence-corrected chi connectivity index (χ4v) is 3.78. The molecule has 0 heterocycles. The molecule has 9 nitrogen and oxygen atoms in total. The van der Waals surface area contributed by atoms with Gasteiger partial charge in [-0.1, -0.05) is 0 Å². The van der Waals surface area contributed by atoms with Crippen molar-refractivity contribution in [3.05, 3.63) is 88.2 Å². The van der Waals surface area contributed by atoms with Crippen LogP contribution in [0.5, 0.6) is 5.75 Å². The van der Waals surface area contributed by atoms with Crippen molar-refractivity contribution in [2.24, 2.45) is 0 Å². The highest BCUT2D eigenvalue weighted by Crippen LogP contribution is 2.23. The van der Waals surface area contributed by atoms with Gasteiger partial charge in [-0.25, -0.2) is 8.42 Å². The van der Waals surface area contributed by atoms with E-state index in [4.69, 9.17) is 4.74 Å². The number of carbonyl (C=O) groups is 1. The van der Waals surface area contributed by atoms with E-state index in [2.05, 4.69) is 10.0 Å². The van der Waals surface area contributed by atoms with E-state index in [0.29, 0.717) is 12.4 Å². The summed E-state index contributed by atoms with van der Waals surface area (Å²) in [7, 11) is -3.85. The molecular weight excluding hydrogens is 441 g/mol. The van der Waals surface area contributed by atoms with Gasteiger partial charge in [-0.2, -0.15) is 4.39 Å². The summed E-state index contributed by atoms with van der Waals surface area (Å²) >= 11 is 0. The molecule has 0 aliphatic carbocycles. The molecule has 0 atom stereocenters. The molecule has 3 aromatic carbocycles. The van der Waals surface area contributed by atoms with Gasteiger partial charge < -0.3 is 10.1 Å². The van der Waals surface area contributed by atoms with Crippen LogP contribution in [0.2, 0.25) is 0 Å². The van der Waals surface area contributed by atoms with Crippen LogP contribution in [-0.2, 0) is 10.0 Å². The van der Waals surface area contributed by atoms with Crippen molar-refractivity contribution in [1.82, 2.24) is 0 Å². The van der Waals surface area contributed by atoms with Gasteiger partial charge in [0.05, 0.1) is 16.4 Å². The first-order valence-electron chi connectivity index (χ1n) is 9.30. The molecule has 0 spiro atoms. The van der Waals surface area contributed by atoms with Crippen LogP contribution in [0.25, 0.3) is 0 Å². The van der Waals surface area contributed by atoms with E-state index in [1.165, 1.54) is 42.5 Å². The molecule has 0 saturated carbocycles. The number of hydrogen-bond acceptors (Lipinski definition) is 6. The summed E-state index contributed by atoms with van der Waals surface area (Å²) in [5.41, 5.74) is -0.320. The molecule has 2 N–H and O–H groups in total. The van der Waals surface area contributed by atoms with Gasteiger partial charge in [-0.3, -0.25) is 19.6 Å². The number of amides is 1. The van der Waals surface area contributed by atoms with Crippen LogP contribution in [0, 0.1) is 15.9 Å². The zero-order valence-corrected chi connectivity index (χ0v) is 17.6. The minimum Gasteiger partial charge on any atom is -0.494 e. The van der Waals surface area contributed by atoms with Gasteiger partial charge >= 0.3 is 5.69 Å². The highest BCUT2D eigenvalue weighted by Gasteiger charge is 2.17. The van der Waals surface area contributed by atoms with E-state index < -0.39 is 32.4 Å². The Bertz CT molecular complexity index is 1250. The molecule has 0 aliphatic heterocycles. The summed E-state index contributed by atoms with van der Waals surface area (Å²) < 4.78 is 46.2. The monoisotopic (exact) mass is 459 g/mol. The van der Waals surface area contributed by atoms with Crippen LogP contribution in [0.3, 0.4) is 0 Å². The first-order chi connectivity index (χ1) is 15.2. The molecule has 0 radical (unpaired) electrons. The van der Waals surface area contributed by atoms with Crippen molar-refractivity contribution in [3.8, 4) is 5.75 Å². The van der Waals surface area contributed by atoms with Gasteiger partial charge in [0.2, 0.25) is 5.82 Å². The van der Waals surface area contributed by atoms with Crippen molar-refractivity contribution in [2.75, 3.05) is 16.6 Å². The minimum absolute atomic E-state index is 0.0423. The molecule has 0 aromatic heterocycles. The smallest absolute Gasteiger partial charge is 0.306 e. The van der Waals surface area contributed by atoms with Gasteiger partial charge in [0, 0.05) is 23.0 Å². The van der Waals surface area contributed by atoms with E-state index >= 15 is 0 Å². The summed E-state index contributed by atoms with van der Waals surface area (Å²) in [6, 6.07) is 14.5. The summed E-state index contributed by atoms with van der Waals surface area (Å²) in [4.78, 5) is 22.3. The Labute approximate surface area is 183 Å². The second-order valence-electron chi connectivity index (χ2n) is 6.46. The highest BCUT2D eigenvalue weighted by atomic mass is 32.2. The number of anilines is 2. The van der Waals surface area contributed by atoms with Crippen LogP contribution < -0.4 is 14.8 Å². The number of rotatable bonds is 8. The molecule has 0 bridgehead atoms. The van der Waals surface area contributed by atoms with Gasteiger partial charge in [-0.05, 0) is 67.6 Å². The van der Waals surface area contributed by atoms with E-state index in [0.717, 1.165) is 12.1 Å². The molecule has 0 saturated heterocycles. The largest absolute Gasteiger partial charge is 0.494 e. The molecule has 3 rings (SSSR count). The standard InChI is InChI=1S/C21H18FN3O6S/c1-2-31-17-8-10-18(11-9-17)32(29,30)24-15-5-3-14(4-6-15)21(26)23-16-7-12-19(22)20(13-16)25(27)28/h3-13,24H,2H2,1H3,(H,23,26). The van der Waals surface area contributed by atoms with Crippen LogP contribution >= 0.6 is 0 Å². The zero-order chi connectivity index (χ0) is 23.3.